The summed E-state index contributed by atoms with van der Waals surface area (Å²) >= 11 is 7.35. The highest BCUT2D eigenvalue weighted by atomic mass is 35.5. The van der Waals surface area contributed by atoms with Crippen molar-refractivity contribution in [2.45, 2.75) is 17.1 Å². The molecule has 2 heterocycles. The number of thioether (sulfide) groups is 1. The average molecular weight is 361 g/mol. The van der Waals surface area contributed by atoms with Gasteiger partial charge in [0, 0.05) is 10.8 Å². The fourth-order valence-corrected chi connectivity index (χ4v) is 3.13. The first-order valence-electron chi connectivity index (χ1n) is 7.37. The zero-order valence-electron chi connectivity index (χ0n) is 12.5. The Labute approximate surface area is 147 Å². The highest BCUT2D eigenvalue weighted by molar-refractivity contribution is 7.98. The van der Waals surface area contributed by atoms with E-state index in [-0.39, 0.29) is 0 Å². The first-order chi connectivity index (χ1) is 11.8. The second-order valence-corrected chi connectivity index (χ2v) is 6.55. The molecule has 0 amide bonds. The first kappa shape index (κ1) is 15.4. The Kier molecular flexibility index (Phi) is 4.32. The smallest absolute Gasteiger partial charge is 0.277 e. The molecule has 1 aliphatic rings. The number of hydrogen-bond donors (Lipinski definition) is 0. The minimum atomic E-state index is -0.391. The molecule has 2 aromatic carbocycles. The van der Waals surface area contributed by atoms with Crippen LogP contribution in [0, 0.1) is 0 Å². The van der Waals surface area contributed by atoms with Crippen LogP contribution in [0.1, 0.15) is 17.6 Å². The van der Waals surface area contributed by atoms with Crippen LogP contribution in [0.5, 0.6) is 11.5 Å². The van der Waals surface area contributed by atoms with Gasteiger partial charge in [-0.25, -0.2) is 0 Å². The van der Waals surface area contributed by atoms with Crippen LogP contribution < -0.4 is 9.47 Å². The van der Waals surface area contributed by atoms with Crippen LogP contribution in [0.3, 0.4) is 0 Å². The van der Waals surface area contributed by atoms with Gasteiger partial charge in [0.1, 0.15) is 6.61 Å². The molecule has 1 aliphatic heterocycles. The Morgan fingerprint density at radius 3 is 2.67 bits per heavy atom. The standard InChI is InChI=1S/C17H13ClN2O3S/c18-12-7-5-11(6-8-12)10-24-17-20-19-16(23-17)15-9-21-13-3-1-2-4-14(13)22-15/h1-8,15H,9-10H2/t15-/m1/s1. The molecule has 24 heavy (non-hydrogen) atoms. The molecule has 0 aliphatic carbocycles. The van der Waals surface area contributed by atoms with Crippen molar-refractivity contribution in [1.29, 1.82) is 0 Å². The largest absolute Gasteiger partial charge is 0.485 e. The lowest BCUT2D eigenvalue weighted by Gasteiger charge is -2.23. The van der Waals surface area contributed by atoms with Crippen molar-refractivity contribution in [2.24, 2.45) is 0 Å². The van der Waals surface area contributed by atoms with Crippen LogP contribution in [0.4, 0.5) is 0 Å². The summed E-state index contributed by atoms with van der Waals surface area (Å²) in [6.45, 7) is 0.348. The number of aromatic nitrogens is 2. The first-order valence-corrected chi connectivity index (χ1v) is 8.73. The van der Waals surface area contributed by atoms with Crippen molar-refractivity contribution in [3.05, 3.63) is 65.0 Å². The maximum atomic E-state index is 5.88. The quantitative estimate of drug-likeness (QED) is 0.637. The Morgan fingerprint density at radius 1 is 1.04 bits per heavy atom. The third-order valence-electron chi connectivity index (χ3n) is 3.48. The molecule has 4 rings (SSSR count). The molecule has 7 heteroatoms. The summed E-state index contributed by atoms with van der Waals surface area (Å²) < 4.78 is 17.2. The lowest BCUT2D eigenvalue weighted by atomic mass is 10.2. The van der Waals surface area contributed by atoms with Gasteiger partial charge in [-0.2, -0.15) is 0 Å². The van der Waals surface area contributed by atoms with Crippen molar-refractivity contribution in [1.82, 2.24) is 10.2 Å². The van der Waals surface area contributed by atoms with E-state index in [1.165, 1.54) is 11.8 Å². The van der Waals surface area contributed by atoms with Gasteiger partial charge in [0.2, 0.25) is 6.10 Å². The van der Waals surface area contributed by atoms with E-state index < -0.39 is 6.10 Å². The molecular weight excluding hydrogens is 348 g/mol. The molecule has 0 saturated heterocycles. The predicted octanol–water partition coefficient (Wildman–Crippen LogP) is 4.53. The van der Waals surface area contributed by atoms with Gasteiger partial charge >= 0.3 is 0 Å². The lowest BCUT2D eigenvalue weighted by molar-refractivity contribution is 0.0686. The fraction of sp³-hybridized carbons (Fsp3) is 0.176. The number of rotatable bonds is 4. The summed E-state index contributed by atoms with van der Waals surface area (Å²) in [4.78, 5) is 0. The zero-order chi connectivity index (χ0) is 16.4. The van der Waals surface area contributed by atoms with E-state index in [0.717, 1.165) is 22.1 Å². The second-order valence-electron chi connectivity index (χ2n) is 5.19. The molecule has 0 spiro atoms. The molecule has 0 N–H and O–H groups in total. The minimum Gasteiger partial charge on any atom is -0.485 e. The third kappa shape index (κ3) is 3.34. The van der Waals surface area contributed by atoms with Crippen LogP contribution >= 0.6 is 23.4 Å². The van der Waals surface area contributed by atoms with Crippen LogP contribution in [-0.4, -0.2) is 16.8 Å². The lowest BCUT2D eigenvalue weighted by Crippen LogP contribution is -2.21. The number of para-hydroxylation sites is 2. The van der Waals surface area contributed by atoms with Crippen molar-refractivity contribution in [3.8, 4) is 11.5 Å². The number of hydrogen-bond acceptors (Lipinski definition) is 6. The Morgan fingerprint density at radius 2 is 1.83 bits per heavy atom. The van der Waals surface area contributed by atoms with Crippen LogP contribution in [0.15, 0.2) is 58.2 Å². The van der Waals surface area contributed by atoms with Gasteiger partial charge in [0.15, 0.2) is 11.5 Å². The monoisotopic (exact) mass is 360 g/mol. The molecule has 1 atom stereocenters. The summed E-state index contributed by atoms with van der Waals surface area (Å²) in [6, 6.07) is 15.2. The number of ether oxygens (including phenoxy) is 2. The maximum Gasteiger partial charge on any atom is 0.277 e. The fourth-order valence-electron chi connectivity index (χ4n) is 2.28. The summed E-state index contributed by atoms with van der Waals surface area (Å²) in [5.74, 6) is 2.56. The van der Waals surface area contributed by atoms with Crippen LogP contribution in [0.2, 0.25) is 5.02 Å². The predicted molar refractivity (Wildman–Crippen MR) is 90.6 cm³/mol. The van der Waals surface area contributed by atoms with E-state index in [2.05, 4.69) is 10.2 Å². The summed E-state index contributed by atoms with van der Waals surface area (Å²) in [5, 5.41) is 9.36. The van der Waals surface area contributed by atoms with E-state index in [1.54, 1.807) is 0 Å². The van der Waals surface area contributed by atoms with Crippen molar-refractivity contribution in [3.63, 3.8) is 0 Å². The van der Waals surface area contributed by atoms with Gasteiger partial charge in [-0.3, -0.25) is 0 Å². The minimum absolute atomic E-state index is 0.348. The van der Waals surface area contributed by atoms with Crippen molar-refractivity contribution >= 4 is 23.4 Å². The van der Waals surface area contributed by atoms with Crippen LogP contribution in [-0.2, 0) is 5.75 Å². The normalized spacial score (nSPS) is 16.1. The third-order valence-corrected chi connectivity index (χ3v) is 4.62. The highest BCUT2D eigenvalue weighted by Gasteiger charge is 2.27. The molecule has 0 saturated carbocycles. The number of halogens is 1. The summed E-state index contributed by atoms with van der Waals surface area (Å²) in [5.41, 5.74) is 1.13. The molecule has 0 fully saturated rings. The second kappa shape index (κ2) is 6.75. The molecule has 5 nitrogen and oxygen atoms in total. The molecule has 1 aromatic heterocycles. The molecular formula is C17H13ClN2O3S. The van der Waals surface area contributed by atoms with Gasteiger partial charge < -0.3 is 13.9 Å². The van der Waals surface area contributed by atoms with E-state index in [1.807, 2.05) is 48.5 Å². The van der Waals surface area contributed by atoms with Gasteiger partial charge in [0.05, 0.1) is 0 Å². The Bertz CT molecular complexity index is 838. The maximum absolute atomic E-state index is 5.88. The van der Waals surface area contributed by atoms with Gasteiger partial charge in [0.25, 0.3) is 11.1 Å². The molecule has 0 unspecified atom stereocenters. The number of nitrogens with zero attached hydrogens (tertiary/aromatic N) is 2. The Balaban J connectivity index is 1.41. The molecule has 122 valence electrons. The molecule has 0 bridgehead atoms. The Hall–Kier alpha value is -2.18. The SMILES string of the molecule is Clc1ccc(CSc2nnc([C@H]3COc4ccccc4O3)o2)cc1. The van der Waals surface area contributed by atoms with E-state index in [0.29, 0.717) is 23.5 Å². The van der Waals surface area contributed by atoms with E-state index in [4.69, 9.17) is 25.5 Å². The van der Waals surface area contributed by atoms with Crippen molar-refractivity contribution < 1.29 is 13.9 Å². The highest BCUT2D eigenvalue weighted by Crippen LogP contribution is 2.36. The van der Waals surface area contributed by atoms with Crippen LogP contribution in [0.25, 0.3) is 0 Å². The average Bonchev–Trinajstić information content (AvgIpc) is 3.10. The molecule has 0 radical (unpaired) electrons. The van der Waals surface area contributed by atoms with Gasteiger partial charge in [-0.1, -0.05) is 47.6 Å². The molecule has 3 aromatic rings. The van der Waals surface area contributed by atoms with E-state index in [9.17, 15) is 0 Å². The summed E-state index contributed by atoms with van der Waals surface area (Å²) in [7, 11) is 0. The number of fused-ring (bicyclic) bond motifs is 1. The topological polar surface area (TPSA) is 57.4 Å². The van der Waals surface area contributed by atoms with Crippen molar-refractivity contribution in [2.75, 3.05) is 6.61 Å². The number of benzene rings is 2. The van der Waals surface area contributed by atoms with E-state index >= 15 is 0 Å². The van der Waals surface area contributed by atoms with Gasteiger partial charge in [-0.15, -0.1) is 10.2 Å². The summed E-state index contributed by atoms with van der Waals surface area (Å²) in [6.07, 6.45) is -0.391. The zero-order valence-corrected chi connectivity index (χ0v) is 14.1. The van der Waals surface area contributed by atoms with Gasteiger partial charge in [-0.05, 0) is 29.8 Å².